The van der Waals surface area contributed by atoms with Gasteiger partial charge >= 0.3 is 0 Å². The van der Waals surface area contributed by atoms with Gasteiger partial charge in [-0.2, -0.15) is 0 Å². The van der Waals surface area contributed by atoms with Gasteiger partial charge in [0.2, 0.25) is 0 Å². The minimum Gasteiger partial charge on any atom is -0.469 e. The summed E-state index contributed by atoms with van der Waals surface area (Å²) in [6, 6.07) is 14.5. The van der Waals surface area contributed by atoms with Crippen molar-refractivity contribution in [3.05, 3.63) is 60.1 Å². The molecule has 0 aliphatic carbocycles. The van der Waals surface area contributed by atoms with E-state index in [-0.39, 0.29) is 36.1 Å². The fourth-order valence-corrected chi connectivity index (χ4v) is 3.09. The van der Waals surface area contributed by atoms with Crippen LogP contribution in [0.1, 0.15) is 43.6 Å². The molecule has 2 aromatic rings. The maximum absolute atomic E-state index is 5.80. The van der Waals surface area contributed by atoms with Crippen LogP contribution in [0.15, 0.2) is 58.1 Å². The molecule has 0 saturated carbocycles. The van der Waals surface area contributed by atoms with Gasteiger partial charge in [-0.1, -0.05) is 30.3 Å². The Morgan fingerprint density at radius 2 is 2.04 bits per heavy atom. The lowest BCUT2D eigenvalue weighted by molar-refractivity contribution is 0.0224. The van der Waals surface area contributed by atoms with Crippen LogP contribution in [0, 0.1) is 0 Å². The number of ether oxygens (including phenoxy) is 1. The lowest BCUT2D eigenvalue weighted by atomic mass is 10.1. The zero-order chi connectivity index (χ0) is 18.0. The second-order valence-corrected chi connectivity index (χ2v) is 6.71. The number of hydrogen-bond acceptors (Lipinski definition) is 3. The zero-order valence-electron chi connectivity index (χ0n) is 15.9. The molecule has 1 aromatic heterocycles. The average molecular weight is 483 g/mol. The lowest BCUT2D eigenvalue weighted by Crippen LogP contribution is -2.40. The lowest BCUT2D eigenvalue weighted by Gasteiger charge is -2.22. The van der Waals surface area contributed by atoms with Crippen LogP contribution in [0.25, 0.3) is 0 Å². The first-order valence-electron chi connectivity index (χ1n) is 9.55. The van der Waals surface area contributed by atoms with Crippen molar-refractivity contribution in [2.45, 2.75) is 44.8 Å². The van der Waals surface area contributed by atoms with Crippen LogP contribution < -0.4 is 10.6 Å². The monoisotopic (exact) mass is 483 g/mol. The van der Waals surface area contributed by atoms with E-state index in [9.17, 15) is 0 Å². The maximum atomic E-state index is 5.80. The van der Waals surface area contributed by atoms with E-state index in [0.717, 1.165) is 44.1 Å². The van der Waals surface area contributed by atoms with Crippen molar-refractivity contribution >= 4 is 29.9 Å². The molecule has 2 atom stereocenters. The van der Waals surface area contributed by atoms with Gasteiger partial charge in [0.25, 0.3) is 0 Å². The minimum absolute atomic E-state index is 0. The van der Waals surface area contributed by atoms with Crippen molar-refractivity contribution in [1.29, 1.82) is 0 Å². The molecule has 2 N–H and O–H groups in total. The Bertz CT molecular complexity index is 655. The molecule has 3 rings (SSSR count). The molecule has 5 nitrogen and oxygen atoms in total. The summed E-state index contributed by atoms with van der Waals surface area (Å²) in [5, 5.41) is 6.93. The highest BCUT2D eigenvalue weighted by atomic mass is 127. The molecule has 1 fully saturated rings. The first-order chi connectivity index (χ1) is 12.8. The standard InChI is InChI=1S/C21H29N3O2.HI/c1-17(18-8-3-2-4-9-18)24-21(22-13-12-19-11-7-15-25-19)23-16-20-10-5-6-14-26-20;/h2-4,7-9,11,15,17,20H,5-6,10,12-14,16H2,1H3,(H2,22,23,24);1H. The Labute approximate surface area is 179 Å². The summed E-state index contributed by atoms with van der Waals surface area (Å²) >= 11 is 0. The number of rotatable bonds is 7. The summed E-state index contributed by atoms with van der Waals surface area (Å²) in [5.74, 6) is 1.80. The van der Waals surface area contributed by atoms with Gasteiger partial charge in [0, 0.05) is 19.6 Å². The van der Waals surface area contributed by atoms with Crippen LogP contribution in [0.2, 0.25) is 0 Å². The molecule has 148 valence electrons. The summed E-state index contributed by atoms with van der Waals surface area (Å²) in [7, 11) is 0. The third kappa shape index (κ3) is 7.54. The summed E-state index contributed by atoms with van der Waals surface area (Å²) < 4.78 is 11.2. The van der Waals surface area contributed by atoms with E-state index in [1.54, 1.807) is 6.26 Å². The van der Waals surface area contributed by atoms with E-state index in [4.69, 9.17) is 14.1 Å². The fourth-order valence-electron chi connectivity index (χ4n) is 3.09. The summed E-state index contributed by atoms with van der Waals surface area (Å²) in [4.78, 5) is 4.77. The zero-order valence-corrected chi connectivity index (χ0v) is 18.2. The largest absolute Gasteiger partial charge is 0.469 e. The van der Waals surface area contributed by atoms with E-state index in [1.807, 2.05) is 18.2 Å². The van der Waals surface area contributed by atoms with Crippen molar-refractivity contribution in [3.63, 3.8) is 0 Å². The highest BCUT2D eigenvalue weighted by Crippen LogP contribution is 2.13. The molecular weight excluding hydrogens is 453 g/mol. The average Bonchev–Trinajstić information content (AvgIpc) is 3.21. The molecule has 0 spiro atoms. The van der Waals surface area contributed by atoms with Gasteiger partial charge in [-0.15, -0.1) is 24.0 Å². The van der Waals surface area contributed by atoms with Crippen molar-refractivity contribution in [1.82, 2.24) is 10.6 Å². The smallest absolute Gasteiger partial charge is 0.191 e. The highest BCUT2D eigenvalue weighted by molar-refractivity contribution is 14.0. The predicted molar refractivity (Wildman–Crippen MR) is 120 cm³/mol. The topological polar surface area (TPSA) is 58.8 Å². The molecule has 0 bridgehead atoms. The Hall–Kier alpha value is -1.54. The molecule has 2 heterocycles. The van der Waals surface area contributed by atoms with Crippen LogP contribution in [-0.4, -0.2) is 31.8 Å². The quantitative estimate of drug-likeness (QED) is 0.350. The van der Waals surface area contributed by atoms with E-state index >= 15 is 0 Å². The SMILES string of the molecule is CC(NC(=NCC1CCCCO1)NCCc1ccco1)c1ccccc1.I. The molecule has 27 heavy (non-hydrogen) atoms. The molecule has 0 amide bonds. The number of hydrogen-bond donors (Lipinski definition) is 2. The Morgan fingerprint density at radius 1 is 1.19 bits per heavy atom. The van der Waals surface area contributed by atoms with Gasteiger partial charge in [0.1, 0.15) is 5.76 Å². The van der Waals surface area contributed by atoms with Crippen LogP contribution in [0.4, 0.5) is 0 Å². The minimum atomic E-state index is 0. The first-order valence-corrected chi connectivity index (χ1v) is 9.55. The first kappa shape index (κ1) is 21.8. The number of benzene rings is 1. The summed E-state index contributed by atoms with van der Waals surface area (Å²) in [5.41, 5.74) is 1.24. The molecule has 1 aliphatic heterocycles. The van der Waals surface area contributed by atoms with Gasteiger partial charge in [0.05, 0.1) is 25.0 Å². The van der Waals surface area contributed by atoms with Crippen LogP contribution in [0.3, 0.4) is 0 Å². The third-order valence-corrected chi connectivity index (χ3v) is 4.62. The van der Waals surface area contributed by atoms with Gasteiger partial charge in [-0.25, -0.2) is 0 Å². The molecule has 1 aliphatic rings. The molecule has 2 unspecified atom stereocenters. The highest BCUT2D eigenvalue weighted by Gasteiger charge is 2.14. The molecular formula is C21H30IN3O2. The van der Waals surface area contributed by atoms with Crippen LogP contribution in [-0.2, 0) is 11.2 Å². The third-order valence-electron chi connectivity index (χ3n) is 4.62. The van der Waals surface area contributed by atoms with Crippen LogP contribution >= 0.6 is 24.0 Å². The van der Waals surface area contributed by atoms with Gasteiger partial charge in [0.15, 0.2) is 5.96 Å². The number of aliphatic imine (C=N–C) groups is 1. The van der Waals surface area contributed by atoms with Gasteiger partial charge in [-0.3, -0.25) is 4.99 Å². The van der Waals surface area contributed by atoms with Crippen LogP contribution in [0.5, 0.6) is 0 Å². The molecule has 1 saturated heterocycles. The van der Waals surface area contributed by atoms with E-state index in [0.29, 0.717) is 6.54 Å². The molecule has 0 radical (unpaired) electrons. The number of nitrogens with zero attached hydrogens (tertiary/aromatic N) is 1. The van der Waals surface area contributed by atoms with Crippen molar-refractivity contribution in [2.75, 3.05) is 19.7 Å². The van der Waals surface area contributed by atoms with Crippen molar-refractivity contribution in [2.24, 2.45) is 4.99 Å². The predicted octanol–water partition coefficient (Wildman–Crippen LogP) is 4.31. The van der Waals surface area contributed by atoms with Gasteiger partial charge in [-0.05, 0) is 43.9 Å². The molecule has 1 aromatic carbocycles. The Balaban J connectivity index is 0.00000261. The second-order valence-electron chi connectivity index (χ2n) is 6.71. The number of furan rings is 1. The van der Waals surface area contributed by atoms with Crippen molar-refractivity contribution < 1.29 is 9.15 Å². The Morgan fingerprint density at radius 3 is 2.74 bits per heavy atom. The number of nitrogens with one attached hydrogen (secondary N) is 2. The summed E-state index contributed by atoms with van der Waals surface area (Å²) in [6.07, 6.45) is 6.26. The van der Waals surface area contributed by atoms with E-state index < -0.39 is 0 Å². The van der Waals surface area contributed by atoms with E-state index in [1.165, 1.54) is 12.0 Å². The van der Waals surface area contributed by atoms with Crippen molar-refractivity contribution in [3.8, 4) is 0 Å². The number of halogens is 1. The van der Waals surface area contributed by atoms with E-state index in [2.05, 4.69) is 41.8 Å². The maximum Gasteiger partial charge on any atom is 0.191 e. The summed E-state index contributed by atoms with van der Waals surface area (Å²) in [6.45, 7) is 4.47. The normalized spacial score (nSPS) is 18.4. The molecule has 6 heteroatoms. The van der Waals surface area contributed by atoms with Gasteiger partial charge < -0.3 is 19.8 Å². The number of guanidine groups is 1. The Kier molecular flexibility index (Phi) is 9.69. The fraction of sp³-hybridized carbons (Fsp3) is 0.476. The second kappa shape index (κ2) is 12.0.